The van der Waals surface area contributed by atoms with Crippen molar-refractivity contribution in [3.05, 3.63) is 24.3 Å². The SMILES string of the molecule is CC1SCCC1NCc1cncnc1. The largest absolute Gasteiger partial charge is 0.309 e. The molecule has 14 heavy (non-hydrogen) atoms. The van der Waals surface area contributed by atoms with E-state index in [1.54, 1.807) is 6.33 Å². The molecule has 0 bridgehead atoms. The molecule has 1 saturated heterocycles. The number of thioether (sulfide) groups is 1. The molecule has 1 aromatic rings. The second kappa shape index (κ2) is 4.75. The second-order valence-electron chi connectivity index (χ2n) is 3.60. The maximum absolute atomic E-state index is 3.99. The molecule has 0 radical (unpaired) electrons. The van der Waals surface area contributed by atoms with Crippen LogP contribution in [0.1, 0.15) is 18.9 Å². The molecule has 1 aliphatic heterocycles. The third kappa shape index (κ3) is 2.45. The Hall–Kier alpha value is -0.610. The van der Waals surface area contributed by atoms with Crippen molar-refractivity contribution >= 4 is 11.8 Å². The topological polar surface area (TPSA) is 37.8 Å². The molecule has 0 amide bonds. The summed E-state index contributed by atoms with van der Waals surface area (Å²) in [4.78, 5) is 7.99. The van der Waals surface area contributed by atoms with Crippen LogP contribution in [-0.2, 0) is 6.54 Å². The number of hydrogen-bond acceptors (Lipinski definition) is 4. The van der Waals surface area contributed by atoms with E-state index < -0.39 is 0 Å². The van der Waals surface area contributed by atoms with Crippen LogP contribution in [0.15, 0.2) is 18.7 Å². The third-order valence-corrected chi connectivity index (χ3v) is 3.88. The van der Waals surface area contributed by atoms with Gasteiger partial charge in [0.15, 0.2) is 0 Å². The van der Waals surface area contributed by atoms with E-state index in [9.17, 15) is 0 Å². The summed E-state index contributed by atoms with van der Waals surface area (Å²) < 4.78 is 0. The molecule has 1 N–H and O–H groups in total. The van der Waals surface area contributed by atoms with Crippen molar-refractivity contribution in [1.82, 2.24) is 15.3 Å². The third-order valence-electron chi connectivity index (χ3n) is 2.56. The van der Waals surface area contributed by atoms with E-state index >= 15 is 0 Å². The van der Waals surface area contributed by atoms with Gasteiger partial charge in [-0.1, -0.05) is 6.92 Å². The van der Waals surface area contributed by atoms with Gasteiger partial charge in [0, 0.05) is 35.8 Å². The molecule has 0 aromatic carbocycles. The Morgan fingerprint density at radius 3 is 2.93 bits per heavy atom. The number of hydrogen-bond donors (Lipinski definition) is 1. The Kier molecular flexibility index (Phi) is 3.37. The molecular formula is C10H15N3S. The van der Waals surface area contributed by atoms with Crippen LogP contribution < -0.4 is 5.32 Å². The van der Waals surface area contributed by atoms with Crippen molar-refractivity contribution < 1.29 is 0 Å². The van der Waals surface area contributed by atoms with Gasteiger partial charge in [-0.15, -0.1) is 0 Å². The molecule has 0 saturated carbocycles. The number of nitrogens with one attached hydrogen (secondary N) is 1. The van der Waals surface area contributed by atoms with E-state index in [2.05, 4.69) is 22.2 Å². The fourth-order valence-electron chi connectivity index (χ4n) is 1.67. The first kappa shape index (κ1) is 9.93. The lowest BCUT2D eigenvalue weighted by atomic mass is 10.1. The Morgan fingerprint density at radius 1 is 1.50 bits per heavy atom. The van der Waals surface area contributed by atoms with Gasteiger partial charge in [-0.05, 0) is 12.2 Å². The minimum atomic E-state index is 0.653. The lowest BCUT2D eigenvalue weighted by molar-refractivity contribution is 0.512. The summed E-state index contributed by atoms with van der Waals surface area (Å²) in [6, 6.07) is 0.653. The van der Waals surface area contributed by atoms with Crippen molar-refractivity contribution in [1.29, 1.82) is 0 Å². The molecule has 2 atom stereocenters. The van der Waals surface area contributed by atoms with E-state index in [1.165, 1.54) is 12.2 Å². The van der Waals surface area contributed by atoms with Gasteiger partial charge in [0.05, 0.1) is 0 Å². The fourth-order valence-corrected chi connectivity index (χ4v) is 2.90. The lowest BCUT2D eigenvalue weighted by Gasteiger charge is -2.15. The summed E-state index contributed by atoms with van der Waals surface area (Å²) in [5.74, 6) is 1.28. The monoisotopic (exact) mass is 209 g/mol. The van der Waals surface area contributed by atoms with Gasteiger partial charge in [0.25, 0.3) is 0 Å². The molecule has 2 rings (SSSR count). The fraction of sp³-hybridized carbons (Fsp3) is 0.600. The molecule has 0 spiro atoms. The standard InChI is InChI=1S/C10H15N3S/c1-8-10(2-3-14-8)13-6-9-4-11-7-12-5-9/h4-5,7-8,10,13H,2-3,6H2,1H3. The first-order valence-corrected chi connectivity index (χ1v) is 6.00. The average molecular weight is 209 g/mol. The normalized spacial score (nSPS) is 26.6. The summed E-state index contributed by atoms with van der Waals surface area (Å²) >= 11 is 2.05. The Bertz CT molecular complexity index is 278. The molecule has 2 heterocycles. The average Bonchev–Trinajstić information content (AvgIpc) is 2.63. The maximum Gasteiger partial charge on any atom is 0.115 e. The molecule has 1 aromatic heterocycles. The zero-order valence-corrected chi connectivity index (χ0v) is 9.13. The van der Waals surface area contributed by atoms with Gasteiger partial charge in [0.1, 0.15) is 6.33 Å². The molecule has 1 fully saturated rings. The van der Waals surface area contributed by atoms with Crippen LogP contribution in [-0.4, -0.2) is 27.0 Å². The van der Waals surface area contributed by atoms with Gasteiger partial charge in [-0.3, -0.25) is 0 Å². The smallest absolute Gasteiger partial charge is 0.115 e. The summed E-state index contributed by atoms with van der Waals surface area (Å²) in [6.45, 7) is 3.17. The second-order valence-corrected chi connectivity index (χ2v) is 5.08. The lowest BCUT2D eigenvalue weighted by Crippen LogP contribution is -2.32. The van der Waals surface area contributed by atoms with E-state index in [4.69, 9.17) is 0 Å². The number of nitrogens with zero attached hydrogens (tertiary/aromatic N) is 2. The number of rotatable bonds is 3. The zero-order chi connectivity index (χ0) is 9.80. The van der Waals surface area contributed by atoms with Crippen LogP contribution in [0, 0.1) is 0 Å². The quantitative estimate of drug-likeness (QED) is 0.818. The molecule has 3 nitrogen and oxygen atoms in total. The molecule has 0 aliphatic carbocycles. The highest BCUT2D eigenvalue weighted by Gasteiger charge is 2.22. The summed E-state index contributed by atoms with van der Waals surface area (Å²) in [5.41, 5.74) is 1.16. The molecule has 2 unspecified atom stereocenters. The van der Waals surface area contributed by atoms with E-state index in [-0.39, 0.29) is 0 Å². The highest BCUT2D eigenvalue weighted by molar-refractivity contribution is 8.00. The van der Waals surface area contributed by atoms with Gasteiger partial charge < -0.3 is 5.32 Å². The van der Waals surface area contributed by atoms with Crippen LogP contribution in [0.5, 0.6) is 0 Å². The van der Waals surface area contributed by atoms with Crippen molar-refractivity contribution in [2.45, 2.75) is 31.2 Å². The van der Waals surface area contributed by atoms with Gasteiger partial charge in [-0.25, -0.2) is 9.97 Å². The highest BCUT2D eigenvalue weighted by atomic mass is 32.2. The highest BCUT2D eigenvalue weighted by Crippen LogP contribution is 2.26. The molecule has 4 heteroatoms. The van der Waals surface area contributed by atoms with E-state index in [1.807, 2.05) is 24.2 Å². The molecule has 76 valence electrons. The summed E-state index contributed by atoms with van der Waals surface area (Å²) in [5, 5.41) is 4.28. The Labute approximate surface area is 88.7 Å². The zero-order valence-electron chi connectivity index (χ0n) is 8.31. The number of aromatic nitrogens is 2. The van der Waals surface area contributed by atoms with Crippen LogP contribution in [0.3, 0.4) is 0 Å². The van der Waals surface area contributed by atoms with E-state index in [0.29, 0.717) is 6.04 Å². The minimum absolute atomic E-state index is 0.653. The van der Waals surface area contributed by atoms with Crippen LogP contribution in [0.2, 0.25) is 0 Å². The van der Waals surface area contributed by atoms with Crippen LogP contribution in [0.4, 0.5) is 0 Å². The predicted molar refractivity (Wildman–Crippen MR) is 59.2 cm³/mol. The summed E-state index contributed by atoms with van der Waals surface area (Å²) in [7, 11) is 0. The van der Waals surface area contributed by atoms with Crippen LogP contribution >= 0.6 is 11.8 Å². The van der Waals surface area contributed by atoms with Gasteiger partial charge in [0.2, 0.25) is 0 Å². The van der Waals surface area contributed by atoms with Crippen molar-refractivity contribution in [3.63, 3.8) is 0 Å². The maximum atomic E-state index is 3.99. The van der Waals surface area contributed by atoms with Crippen LogP contribution in [0.25, 0.3) is 0 Å². The first-order valence-electron chi connectivity index (χ1n) is 4.95. The van der Waals surface area contributed by atoms with Crippen molar-refractivity contribution in [2.75, 3.05) is 5.75 Å². The van der Waals surface area contributed by atoms with Crippen molar-refractivity contribution in [2.24, 2.45) is 0 Å². The Morgan fingerprint density at radius 2 is 2.29 bits per heavy atom. The van der Waals surface area contributed by atoms with E-state index in [0.717, 1.165) is 17.4 Å². The van der Waals surface area contributed by atoms with Crippen molar-refractivity contribution in [3.8, 4) is 0 Å². The molecule has 1 aliphatic rings. The first-order chi connectivity index (χ1) is 6.86. The van der Waals surface area contributed by atoms with Gasteiger partial charge in [-0.2, -0.15) is 11.8 Å². The molecular weight excluding hydrogens is 194 g/mol. The summed E-state index contributed by atoms with van der Waals surface area (Å²) in [6.07, 6.45) is 6.58. The Balaban J connectivity index is 1.82. The predicted octanol–water partition coefficient (Wildman–Crippen LogP) is 1.46. The minimum Gasteiger partial charge on any atom is -0.309 e. The van der Waals surface area contributed by atoms with Gasteiger partial charge >= 0.3 is 0 Å².